The van der Waals surface area contributed by atoms with Crippen molar-refractivity contribution in [3.63, 3.8) is 0 Å². The Bertz CT molecular complexity index is 313. The molecule has 3 nitrogen and oxygen atoms in total. The summed E-state index contributed by atoms with van der Waals surface area (Å²) in [5, 5.41) is 0. The van der Waals surface area contributed by atoms with Crippen molar-refractivity contribution < 1.29 is 0 Å². The van der Waals surface area contributed by atoms with Crippen LogP contribution in [0.4, 0.5) is 5.82 Å². The predicted molar refractivity (Wildman–Crippen MR) is 76.5 cm³/mol. The smallest absolute Gasteiger partial charge is 0.133 e. The lowest BCUT2D eigenvalue weighted by molar-refractivity contribution is 0.669. The normalized spacial score (nSPS) is 10.6. The van der Waals surface area contributed by atoms with Gasteiger partial charge in [0.1, 0.15) is 16.2 Å². The van der Waals surface area contributed by atoms with Gasteiger partial charge >= 0.3 is 0 Å². The Hall–Kier alpha value is -0.640. The van der Waals surface area contributed by atoms with Crippen molar-refractivity contribution in [2.45, 2.75) is 46.5 Å². The Morgan fingerprint density at radius 3 is 2.18 bits per heavy atom. The lowest BCUT2D eigenvalue weighted by atomic mass is 10.2. The number of halogens is 1. The molecule has 0 N–H and O–H groups in total. The summed E-state index contributed by atoms with van der Waals surface area (Å²) in [6, 6.07) is 2.01. The minimum Gasteiger partial charge on any atom is -0.356 e. The second kappa shape index (κ2) is 7.64. The minimum absolute atomic E-state index is 0.826. The third kappa shape index (κ3) is 5.02. The van der Waals surface area contributed by atoms with Gasteiger partial charge in [-0.15, -0.1) is 0 Å². The van der Waals surface area contributed by atoms with E-state index in [2.05, 4.69) is 44.6 Å². The Kier molecular flexibility index (Phi) is 6.48. The van der Waals surface area contributed by atoms with Crippen LogP contribution in [0.15, 0.2) is 10.7 Å². The molecule has 1 aromatic rings. The van der Waals surface area contributed by atoms with Crippen molar-refractivity contribution in [3.8, 4) is 0 Å². The zero-order chi connectivity index (χ0) is 12.7. The molecule has 0 fully saturated rings. The quantitative estimate of drug-likeness (QED) is 0.714. The minimum atomic E-state index is 0.826. The van der Waals surface area contributed by atoms with Gasteiger partial charge in [-0.3, -0.25) is 0 Å². The van der Waals surface area contributed by atoms with E-state index in [0.29, 0.717) is 0 Å². The molecule has 4 heteroatoms. The van der Waals surface area contributed by atoms with Crippen LogP contribution in [0, 0.1) is 6.92 Å². The Labute approximate surface area is 113 Å². The molecule has 0 unspecified atom stereocenters. The second-order valence-electron chi connectivity index (χ2n) is 4.29. The molecule has 0 aliphatic heterocycles. The highest BCUT2D eigenvalue weighted by atomic mass is 79.9. The van der Waals surface area contributed by atoms with Crippen LogP contribution in [0.1, 0.15) is 45.4 Å². The Balaban J connectivity index is 2.78. The maximum atomic E-state index is 4.52. The van der Waals surface area contributed by atoms with Gasteiger partial charge in [-0.25, -0.2) is 9.97 Å². The van der Waals surface area contributed by atoms with E-state index in [9.17, 15) is 0 Å². The number of anilines is 1. The average Bonchev–Trinajstić information content (AvgIpc) is 2.28. The number of aromatic nitrogens is 2. The van der Waals surface area contributed by atoms with Gasteiger partial charge < -0.3 is 4.90 Å². The lowest BCUT2D eigenvalue weighted by Gasteiger charge is -2.23. The van der Waals surface area contributed by atoms with Gasteiger partial charge in [-0.05, 0) is 35.7 Å². The van der Waals surface area contributed by atoms with Crippen LogP contribution in [0.2, 0.25) is 0 Å². The van der Waals surface area contributed by atoms with E-state index in [1.165, 1.54) is 25.7 Å². The third-order valence-corrected chi connectivity index (χ3v) is 3.09. The zero-order valence-corrected chi connectivity index (χ0v) is 12.6. The molecule has 0 saturated carbocycles. The fraction of sp³-hybridized carbons (Fsp3) is 0.692. The monoisotopic (exact) mass is 299 g/mol. The SMILES string of the molecule is CCCCN(CCCC)c1cc(Br)nc(C)n1. The number of aryl methyl sites for hydroxylation is 1. The molecule has 1 aromatic heterocycles. The number of hydrogen-bond acceptors (Lipinski definition) is 3. The highest BCUT2D eigenvalue weighted by molar-refractivity contribution is 9.10. The molecule has 0 radical (unpaired) electrons. The predicted octanol–water partition coefficient (Wildman–Crippen LogP) is 3.95. The number of nitrogens with zero attached hydrogens (tertiary/aromatic N) is 3. The molecule has 17 heavy (non-hydrogen) atoms. The molecule has 0 saturated heterocycles. The molecule has 1 rings (SSSR count). The van der Waals surface area contributed by atoms with E-state index in [-0.39, 0.29) is 0 Å². The summed E-state index contributed by atoms with van der Waals surface area (Å²) in [5.74, 6) is 1.87. The van der Waals surface area contributed by atoms with Crippen molar-refractivity contribution in [1.82, 2.24) is 9.97 Å². The lowest BCUT2D eigenvalue weighted by Crippen LogP contribution is -2.26. The number of rotatable bonds is 7. The van der Waals surface area contributed by atoms with Crippen molar-refractivity contribution >= 4 is 21.7 Å². The molecule has 0 aromatic carbocycles. The van der Waals surface area contributed by atoms with Crippen molar-refractivity contribution in [3.05, 3.63) is 16.5 Å². The third-order valence-electron chi connectivity index (χ3n) is 2.68. The molecule has 1 heterocycles. The van der Waals surface area contributed by atoms with Crippen LogP contribution in [0.3, 0.4) is 0 Å². The summed E-state index contributed by atoms with van der Waals surface area (Å²) in [4.78, 5) is 11.1. The van der Waals surface area contributed by atoms with Crippen LogP contribution >= 0.6 is 15.9 Å². The van der Waals surface area contributed by atoms with Gasteiger partial charge in [0, 0.05) is 19.2 Å². The first-order valence-corrected chi connectivity index (χ1v) is 7.22. The summed E-state index contributed by atoms with van der Waals surface area (Å²) >= 11 is 3.44. The largest absolute Gasteiger partial charge is 0.356 e. The molecule has 0 aliphatic rings. The highest BCUT2D eigenvalue weighted by Gasteiger charge is 2.08. The van der Waals surface area contributed by atoms with Crippen LogP contribution in [-0.2, 0) is 0 Å². The van der Waals surface area contributed by atoms with Crippen LogP contribution in [0.25, 0.3) is 0 Å². The molecule has 96 valence electrons. The van der Waals surface area contributed by atoms with Gasteiger partial charge in [0.05, 0.1) is 0 Å². The topological polar surface area (TPSA) is 29.0 Å². The molecule has 0 atom stereocenters. The van der Waals surface area contributed by atoms with Crippen LogP contribution in [0.5, 0.6) is 0 Å². The molecular weight excluding hydrogens is 278 g/mol. The molecule has 0 aliphatic carbocycles. The summed E-state index contributed by atoms with van der Waals surface area (Å²) in [6.07, 6.45) is 4.86. The van der Waals surface area contributed by atoms with Gasteiger partial charge in [-0.2, -0.15) is 0 Å². The van der Waals surface area contributed by atoms with Crippen molar-refractivity contribution in [2.24, 2.45) is 0 Å². The van der Waals surface area contributed by atoms with E-state index < -0.39 is 0 Å². The van der Waals surface area contributed by atoms with E-state index in [4.69, 9.17) is 0 Å². The average molecular weight is 300 g/mol. The van der Waals surface area contributed by atoms with Crippen LogP contribution < -0.4 is 4.90 Å². The first-order valence-electron chi connectivity index (χ1n) is 6.43. The van der Waals surface area contributed by atoms with E-state index in [1.54, 1.807) is 0 Å². The van der Waals surface area contributed by atoms with E-state index >= 15 is 0 Å². The van der Waals surface area contributed by atoms with Gasteiger partial charge in [-0.1, -0.05) is 26.7 Å². The molecule has 0 spiro atoms. The summed E-state index contributed by atoms with van der Waals surface area (Å²) in [6.45, 7) is 8.54. The fourth-order valence-electron chi connectivity index (χ4n) is 1.72. The molecule has 0 amide bonds. The Morgan fingerprint density at radius 1 is 1.12 bits per heavy atom. The standard InChI is InChI=1S/C13H22BrN3/c1-4-6-8-17(9-7-5-2)13-10-12(14)15-11(3)16-13/h10H,4-9H2,1-3H3. The van der Waals surface area contributed by atoms with Crippen molar-refractivity contribution in [1.29, 1.82) is 0 Å². The Morgan fingerprint density at radius 2 is 1.71 bits per heavy atom. The summed E-state index contributed by atoms with van der Waals surface area (Å²) in [5.41, 5.74) is 0. The fourth-order valence-corrected chi connectivity index (χ4v) is 2.18. The molecule has 0 bridgehead atoms. The van der Waals surface area contributed by atoms with Crippen LogP contribution in [-0.4, -0.2) is 23.1 Å². The second-order valence-corrected chi connectivity index (χ2v) is 5.10. The first kappa shape index (κ1) is 14.4. The highest BCUT2D eigenvalue weighted by Crippen LogP contribution is 2.17. The summed E-state index contributed by atoms with van der Waals surface area (Å²) < 4.78 is 0.873. The van der Waals surface area contributed by atoms with Crippen molar-refractivity contribution in [2.75, 3.05) is 18.0 Å². The number of unbranched alkanes of at least 4 members (excludes halogenated alkanes) is 2. The first-order chi connectivity index (χ1) is 8.17. The number of hydrogen-bond donors (Lipinski definition) is 0. The molecular formula is C13H22BrN3. The maximum absolute atomic E-state index is 4.52. The zero-order valence-electron chi connectivity index (χ0n) is 11.0. The maximum Gasteiger partial charge on any atom is 0.133 e. The van der Waals surface area contributed by atoms with E-state index in [1.807, 2.05) is 13.0 Å². The van der Waals surface area contributed by atoms with E-state index in [0.717, 1.165) is 29.3 Å². The van der Waals surface area contributed by atoms with Gasteiger partial charge in [0.2, 0.25) is 0 Å². The summed E-state index contributed by atoms with van der Waals surface area (Å²) in [7, 11) is 0. The van der Waals surface area contributed by atoms with Gasteiger partial charge in [0.15, 0.2) is 0 Å². The van der Waals surface area contributed by atoms with Gasteiger partial charge in [0.25, 0.3) is 0 Å².